The van der Waals surface area contributed by atoms with Crippen LogP contribution in [0.25, 0.3) is 6.08 Å². The largest absolute Gasteiger partial charge is 0.496 e. The lowest BCUT2D eigenvalue weighted by atomic mass is 10.1. The van der Waals surface area contributed by atoms with E-state index in [1.54, 1.807) is 24.3 Å². The zero-order chi connectivity index (χ0) is 26.3. The fourth-order valence-corrected chi connectivity index (χ4v) is 3.24. The van der Waals surface area contributed by atoms with E-state index in [0.29, 0.717) is 22.8 Å². The Balaban J connectivity index is 1.96. The Labute approximate surface area is 205 Å². The van der Waals surface area contributed by atoms with Crippen LogP contribution in [0.4, 0.5) is 18.9 Å². The molecule has 0 bridgehead atoms. The van der Waals surface area contributed by atoms with Crippen molar-refractivity contribution in [1.82, 2.24) is 5.32 Å². The summed E-state index contributed by atoms with van der Waals surface area (Å²) in [4.78, 5) is 26.1. The lowest BCUT2D eigenvalue weighted by Gasteiger charge is -2.14. The Morgan fingerprint density at radius 1 is 0.806 bits per heavy atom. The lowest BCUT2D eigenvalue weighted by molar-refractivity contribution is -0.137. The molecule has 0 heterocycles. The fourth-order valence-electron chi connectivity index (χ4n) is 3.24. The van der Waals surface area contributed by atoms with Gasteiger partial charge in [-0.3, -0.25) is 9.59 Å². The average molecular weight is 500 g/mol. The minimum atomic E-state index is -4.58. The number of halogens is 3. The highest BCUT2D eigenvalue weighted by molar-refractivity contribution is 6.11. The second-order valence-electron chi connectivity index (χ2n) is 7.36. The predicted octanol–water partition coefficient (Wildman–Crippen LogP) is 5.14. The quantitative estimate of drug-likeness (QED) is 0.419. The highest BCUT2D eigenvalue weighted by atomic mass is 19.4. The van der Waals surface area contributed by atoms with Gasteiger partial charge in [-0.1, -0.05) is 24.3 Å². The monoisotopic (exact) mass is 500 g/mol. The van der Waals surface area contributed by atoms with Gasteiger partial charge < -0.3 is 24.8 Å². The van der Waals surface area contributed by atoms with Gasteiger partial charge in [-0.2, -0.15) is 13.2 Å². The highest BCUT2D eigenvalue weighted by Crippen LogP contribution is 2.31. The first kappa shape index (κ1) is 26.1. The molecule has 2 amide bonds. The van der Waals surface area contributed by atoms with Gasteiger partial charge in [0.05, 0.1) is 26.9 Å². The number of carbonyl (C=O) groups excluding carboxylic acids is 2. The molecule has 0 aliphatic carbocycles. The average Bonchev–Trinajstić information content (AvgIpc) is 2.87. The standard InChI is InChI=1S/C26H23F3N2O5/c1-34-21-10-5-4-7-16(21)13-20(25(33)30-19-9-6-8-18(15-19)26(27,28)29)31-24(32)17-11-12-22(35-2)23(14-17)36-3/h4-15H,1-3H3,(H,30,33)(H,31,32). The normalized spacial score (nSPS) is 11.4. The van der Waals surface area contributed by atoms with Crippen LogP contribution in [0.1, 0.15) is 21.5 Å². The SMILES string of the molecule is COc1ccccc1C=C(NC(=O)c1ccc(OC)c(OC)c1)C(=O)Nc1cccc(C(F)(F)F)c1. The summed E-state index contributed by atoms with van der Waals surface area (Å²) >= 11 is 0. The van der Waals surface area contributed by atoms with Gasteiger partial charge in [0.2, 0.25) is 0 Å². The van der Waals surface area contributed by atoms with Crippen LogP contribution in [-0.2, 0) is 11.0 Å². The first-order valence-corrected chi connectivity index (χ1v) is 10.5. The Kier molecular flexibility index (Phi) is 8.21. The molecule has 0 radical (unpaired) electrons. The second kappa shape index (κ2) is 11.3. The van der Waals surface area contributed by atoms with Crippen LogP contribution >= 0.6 is 0 Å². The van der Waals surface area contributed by atoms with Gasteiger partial charge in [-0.25, -0.2) is 0 Å². The number of anilines is 1. The number of para-hydroxylation sites is 1. The minimum absolute atomic E-state index is 0.0962. The van der Waals surface area contributed by atoms with Gasteiger partial charge in [-0.05, 0) is 48.5 Å². The van der Waals surface area contributed by atoms with Crippen LogP contribution in [0.2, 0.25) is 0 Å². The maximum absolute atomic E-state index is 13.1. The molecule has 36 heavy (non-hydrogen) atoms. The van der Waals surface area contributed by atoms with Crippen molar-refractivity contribution in [2.24, 2.45) is 0 Å². The van der Waals surface area contributed by atoms with Crippen LogP contribution in [-0.4, -0.2) is 33.1 Å². The summed E-state index contributed by atoms with van der Waals surface area (Å²) in [6.45, 7) is 0. The van der Waals surface area contributed by atoms with Crippen molar-refractivity contribution in [3.8, 4) is 17.2 Å². The molecular formula is C26H23F3N2O5. The van der Waals surface area contributed by atoms with Gasteiger partial charge >= 0.3 is 6.18 Å². The van der Waals surface area contributed by atoms with Crippen molar-refractivity contribution in [2.45, 2.75) is 6.18 Å². The molecule has 3 aromatic rings. The maximum Gasteiger partial charge on any atom is 0.416 e. The number of hydrogen-bond donors (Lipinski definition) is 2. The fraction of sp³-hybridized carbons (Fsp3) is 0.154. The molecule has 0 atom stereocenters. The van der Waals surface area contributed by atoms with E-state index in [2.05, 4.69) is 10.6 Å². The number of alkyl halides is 3. The summed E-state index contributed by atoms with van der Waals surface area (Å²) in [5, 5.41) is 4.93. The molecule has 3 aromatic carbocycles. The molecule has 0 aliphatic rings. The van der Waals surface area contributed by atoms with Gasteiger partial charge in [0.25, 0.3) is 11.8 Å². The van der Waals surface area contributed by atoms with E-state index in [4.69, 9.17) is 14.2 Å². The van der Waals surface area contributed by atoms with Crippen molar-refractivity contribution in [2.75, 3.05) is 26.6 Å². The molecule has 2 N–H and O–H groups in total. The maximum atomic E-state index is 13.1. The van der Waals surface area contributed by atoms with Crippen molar-refractivity contribution < 1.29 is 37.0 Å². The third-order valence-corrected chi connectivity index (χ3v) is 5.03. The molecule has 0 fully saturated rings. The van der Waals surface area contributed by atoms with E-state index in [1.807, 2.05) is 0 Å². The van der Waals surface area contributed by atoms with Gasteiger partial charge in [0.1, 0.15) is 11.4 Å². The number of rotatable bonds is 8. The van der Waals surface area contributed by atoms with Crippen molar-refractivity contribution in [3.05, 3.63) is 89.1 Å². The van der Waals surface area contributed by atoms with Crippen molar-refractivity contribution in [1.29, 1.82) is 0 Å². The summed E-state index contributed by atoms with van der Waals surface area (Å²) in [5.41, 5.74) is -0.630. The number of methoxy groups -OCH3 is 3. The van der Waals surface area contributed by atoms with Crippen molar-refractivity contribution in [3.63, 3.8) is 0 Å². The molecule has 3 rings (SSSR count). The summed E-state index contributed by atoms with van der Waals surface area (Å²) in [6.07, 6.45) is -3.22. The number of amides is 2. The Hall–Kier alpha value is -4.47. The second-order valence-corrected chi connectivity index (χ2v) is 7.36. The van der Waals surface area contributed by atoms with Crippen LogP contribution < -0.4 is 24.8 Å². The summed E-state index contributed by atoms with van der Waals surface area (Å²) in [5.74, 6) is -0.373. The molecular weight excluding hydrogens is 477 g/mol. The van der Waals surface area contributed by atoms with Crippen LogP contribution in [0.3, 0.4) is 0 Å². The molecule has 7 nitrogen and oxygen atoms in total. The number of hydrogen-bond acceptors (Lipinski definition) is 5. The molecule has 0 aliphatic heterocycles. The molecule has 0 saturated carbocycles. The molecule has 0 spiro atoms. The number of ether oxygens (including phenoxy) is 3. The third-order valence-electron chi connectivity index (χ3n) is 5.03. The van der Waals surface area contributed by atoms with Gasteiger partial charge in [-0.15, -0.1) is 0 Å². The highest BCUT2D eigenvalue weighted by Gasteiger charge is 2.30. The van der Waals surface area contributed by atoms with Crippen molar-refractivity contribution >= 4 is 23.6 Å². The summed E-state index contributed by atoms with van der Waals surface area (Å²) in [6, 6.07) is 15.3. The molecule has 188 valence electrons. The van der Waals surface area contributed by atoms with Crippen LogP contribution in [0, 0.1) is 0 Å². The topological polar surface area (TPSA) is 85.9 Å². The summed E-state index contributed by atoms with van der Waals surface area (Å²) in [7, 11) is 4.30. The van der Waals surface area contributed by atoms with E-state index >= 15 is 0 Å². The van der Waals surface area contributed by atoms with Crippen LogP contribution in [0.15, 0.2) is 72.4 Å². The summed E-state index contributed by atoms with van der Waals surface area (Å²) < 4.78 is 55.0. The molecule has 0 unspecified atom stereocenters. The predicted molar refractivity (Wildman–Crippen MR) is 128 cm³/mol. The first-order valence-electron chi connectivity index (χ1n) is 10.5. The van der Waals surface area contributed by atoms with E-state index in [9.17, 15) is 22.8 Å². The minimum Gasteiger partial charge on any atom is -0.496 e. The van der Waals surface area contributed by atoms with Gasteiger partial charge in [0.15, 0.2) is 11.5 Å². The lowest BCUT2D eigenvalue weighted by Crippen LogP contribution is -2.30. The van der Waals surface area contributed by atoms with E-state index < -0.39 is 23.6 Å². The Morgan fingerprint density at radius 2 is 1.50 bits per heavy atom. The Bertz CT molecular complexity index is 1290. The smallest absolute Gasteiger partial charge is 0.416 e. The molecule has 0 saturated heterocycles. The van der Waals surface area contributed by atoms with E-state index in [-0.39, 0.29) is 16.9 Å². The molecule has 0 aromatic heterocycles. The molecule has 10 heteroatoms. The Morgan fingerprint density at radius 3 is 2.17 bits per heavy atom. The zero-order valence-corrected chi connectivity index (χ0v) is 19.6. The first-order chi connectivity index (χ1) is 17.2. The third kappa shape index (κ3) is 6.35. The van der Waals surface area contributed by atoms with E-state index in [0.717, 1.165) is 12.1 Å². The van der Waals surface area contributed by atoms with Gasteiger partial charge in [0, 0.05) is 16.8 Å². The zero-order valence-electron chi connectivity index (χ0n) is 19.6. The number of benzene rings is 3. The van der Waals surface area contributed by atoms with Crippen LogP contribution in [0.5, 0.6) is 17.2 Å². The number of carbonyl (C=O) groups is 2. The van der Waals surface area contributed by atoms with E-state index in [1.165, 1.54) is 57.7 Å². The number of nitrogens with one attached hydrogen (secondary N) is 2.